The summed E-state index contributed by atoms with van der Waals surface area (Å²) >= 11 is 0. The van der Waals surface area contributed by atoms with Crippen LogP contribution in [0.5, 0.6) is 0 Å². The summed E-state index contributed by atoms with van der Waals surface area (Å²) in [6, 6.07) is 13.2. The minimum absolute atomic E-state index is 0.0483. The van der Waals surface area contributed by atoms with Crippen LogP contribution < -0.4 is 0 Å². The van der Waals surface area contributed by atoms with Gasteiger partial charge >= 0.3 is 5.97 Å². The Morgan fingerprint density at radius 2 is 1.88 bits per heavy atom. The topological polar surface area (TPSA) is 46.6 Å². The van der Waals surface area contributed by atoms with Crippen molar-refractivity contribution in [1.29, 1.82) is 0 Å². The molecule has 0 aromatic heterocycles. The monoisotopic (exact) mass is 325 g/mol. The van der Waals surface area contributed by atoms with E-state index in [1.165, 1.54) is 12.1 Å². The summed E-state index contributed by atoms with van der Waals surface area (Å²) < 4.78 is 19.6. The highest BCUT2D eigenvalue weighted by molar-refractivity contribution is 5.96. The number of likely N-dealkylation sites (tertiary alicyclic amines) is 1. The number of carbonyl (C=O) groups is 2. The number of piperidine rings is 1. The maximum atomic E-state index is 13.9. The van der Waals surface area contributed by atoms with E-state index in [1.54, 1.807) is 29.2 Å². The average molecular weight is 325 g/mol. The van der Waals surface area contributed by atoms with E-state index in [1.807, 2.05) is 12.1 Å². The van der Waals surface area contributed by atoms with Crippen LogP contribution in [0.3, 0.4) is 0 Å². The molecule has 1 saturated heterocycles. The molecule has 1 atom stereocenters. The highest BCUT2D eigenvalue weighted by Crippen LogP contribution is 2.43. The van der Waals surface area contributed by atoms with E-state index >= 15 is 0 Å². The van der Waals surface area contributed by atoms with Crippen molar-refractivity contribution in [3.63, 3.8) is 0 Å². The molecule has 2 aliphatic heterocycles. The SMILES string of the molecule is O=C1O[C@@]2(CCCN(C(=O)c3ccccc3F)C2)c2ccccc21. The second kappa shape index (κ2) is 5.44. The minimum atomic E-state index is -0.813. The van der Waals surface area contributed by atoms with Crippen LogP contribution in [0.4, 0.5) is 4.39 Å². The second-order valence-corrected chi connectivity index (χ2v) is 6.24. The van der Waals surface area contributed by atoms with Gasteiger partial charge in [0.15, 0.2) is 5.60 Å². The third kappa shape index (κ3) is 2.19. The largest absolute Gasteiger partial charge is 0.449 e. The van der Waals surface area contributed by atoms with Crippen molar-refractivity contribution in [3.8, 4) is 0 Å². The van der Waals surface area contributed by atoms with Crippen molar-refractivity contribution in [2.75, 3.05) is 13.1 Å². The summed E-state index contributed by atoms with van der Waals surface area (Å²) in [4.78, 5) is 26.4. The number of rotatable bonds is 1. The lowest BCUT2D eigenvalue weighted by Crippen LogP contribution is -2.48. The van der Waals surface area contributed by atoms with Crippen molar-refractivity contribution < 1.29 is 18.7 Å². The van der Waals surface area contributed by atoms with Gasteiger partial charge in [-0.1, -0.05) is 30.3 Å². The Balaban J connectivity index is 1.67. The summed E-state index contributed by atoms with van der Waals surface area (Å²) in [7, 11) is 0. The molecule has 0 N–H and O–H groups in total. The zero-order valence-electron chi connectivity index (χ0n) is 13.0. The first kappa shape index (κ1) is 14.9. The van der Waals surface area contributed by atoms with E-state index in [0.29, 0.717) is 24.9 Å². The van der Waals surface area contributed by atoms with Gasteiger partial charge in [-0.05, 0) is 31.0 Å². The fourth-order valence-corrected chi connectivity index (χ4v) is 3.65. The highest BCUT2D eigenvalue weighted by atomic mass is 19.1. The predicted molar refractivity (Wildman–Crippen MR) is 85.1 cm³/mol. The molecule has 2 aliphatic rings. The van der Waals surface area contributed by atoms with Crippen LogP contribution in [0.2, 0.25) is 0 Å². The van der Waals surface area contributed by atoms with Crippen LogP contribution in [0.25, 0.3) is 0 Å². The molecule has 0 bridgehead atoms. The maximum absolute atomic E-state index is 13.9. The Bertz CT molecular complexity index is 835. The molecule has 0 aliphatic carbocycles. The van der Waals surface area contributed by atoms with E-state index in [0.717, 1.165) is 5.56 Å². The Kier molecular flexibility index (Phi) is 3.37. The van der Waals surface area contributed by atoms with E-state index < -0.39 is 11.4 Å². The molecule has 4 nitrogen and oxygen atoms in total. The van der Waals surface area contributed by atoms with Crippen molar-refractivity contribution in [1.82, 2.24) is 4.90 Å². The molecule has 122 valence electrons. The van der Waals surface area contributed by atoms with Crippen molar-refractivity contribution in [2.45, 2.75) is 18.4 Å². The Hall–Kier alpha value is -2.69. The van der Waals surface area contributed by atoms with E-state index in [9.17, 15) is 14.0 Å². The van der Waals surface area contributed by atoms with Gasteiger partial charge < -0.3 is 9.64 Å². The van der Waals surface area contributed by atoms with Gasteiger partial charge in [-0.25, -0.2) is 9.18 Å². The van der Waals surface area contributed by atoms with Crippen LogP contribution in [-0.2, 0) is 10.3 Å². The zero-order chi connectivity index (χ0) is 16.7. The number of fused-ring (bicyclic) bond motifs is 2. The van der Waals surface area contributed by atoms with Crippen molar-refractivity contribution >= 4 is 11.9 Å². The molecule has 1 spiro atoms. The van der Waals surface area contributed by atoms with Gasteiger partial charge in [-0.3, -0.25) is 4.79 Å². The van der Waals surface area contributed by atoms with E-state index in [-0.39, 0.29) is 24.0 Å². The van der Waals surface area contributed by atoms with Crippen molar-refractivity contribution in [2.24, 2.45) is 0 Å². The lowest BCUT2D eigenvalue weighted by Gasteiger charge is -2.39. The molecule has 5 heteroatoms. The number of amides is 1. The number of esters is 1. The van der Waals surface area contributed by atoms with Crippen LogP contribution in [0.1, 0.15) is 39.1 Å². The molecular formula is C19H16FNO3. The number of halogens is 1. The third-order valence-corrected chi connectivity index (χ3v) is 4.77. The molecule has 2 heterocycles. The molecule has 2 aromatic carbocycles. The highest BCUT2D eigenvalue weighted by Gasteiger charge is 2.48. The number of carbonyl (C=O) groups excluding carboxylic acids is 2. The van der Waals surface area contributed by atoms with E-state index in [4.69, 9.17) is 4.74 Å². The standard InChI is InChI=1S/C19H16FNO3/c20-16-9-4-2-7-14(16)17(22)21-11-5-10-19(12-21)15-8-3-1-6-13(15)18(23)24-19/h1-4,6-9H,5,10-12H2/t19-/m1/s1. The number of ether oxygens (including phenoxy) is 1. The van der Waals surface area contributed by atoms with Gasteiger partial charge in [0.2, 0.25) is 0 Å². The number of hydrogen-bond acceptors (Lipinski definition) is 3. The molecule has 0 saturated carbocycles. The van der Waals surface area contributed by atoms with Crippen LogP contribution in [0.15, 0.2) is 48.5 Å². The summed E-state index contributed by atoms with van der Waals surface area (Å²) in [6.07, 6.45) is 1.36. The molecule has 0 radical (unpaired) electrons. The quantitative estimate of drug-likeness (QED) is 0.757. The molecule has 0 unspecified atom stereocenters. The van der Waals surface area contributed by atoms with Gasteiger partial charge in [0.1, 0.15) is 5.82 Å². The Labute approximate surface area is 138 Å². The fraction of sp³-hybridized carbons (Fsp3) is 0.263. The predicted octanol–water partition coefficient (Wildman–Crippen LogP) is 3.13. The molecule has 1 fully saturated rings. The fourth-order valence-electron chi connectivity index (χ4n) is 3.65. The van der Waals surface area contributed by atoms with Gasteiger partial charge in [-0.15, -0.1) is 0 Å². The molecule has 1 amide bonds. The average Bonchev–Trinajstić information content (AvgIpc) is 2.87. The van der Waals surface area contributed by atoms with Crippen LogP contribution >= 0.6 is 0 Å². The second-order valence-electron chi connectivity index (χ2n) is 6.24. The van der Waals surface area contributed by atoms with Gasteiger partial charge in [-0.2, -0.15) is 0 Å². The minimum Gasteiger partial charge on any atom is -0.449 e. The summed E-state index contributed by atoms with van der Waals surface area (Å²) in [5.74, 6) is -1.26. The number of hydrogen-bond donors (Lipinski definition) is 0. The molecule has 2 aromatic rings. The van der Waals surface area contributed by atoms with Gasteiger partial charge in [0.05, 0.1) is 17.7 Å². The van der Waals surface area contributed by atoms with E-state index in [2.05, 4.69) is 0 Å². The number of nitrogens with zero attached hydrogens (tertiary/aromatic N) is 1. The molecule has 24 heavy (non-hydrogen) atoms. The van der Waals surface area contributed by atoms with Crippen LogP contribution in [-0.4, -0.2) is 29.9 Å². The third-order valence-electron chi connectivity index (χ3n) is 4.77. The first-order valence-corrected chi connectivity index (χ1v) is 7.97. The Morgan fingerprint density at radius 3 is 2.71 bits per heavy atom. The lowest BCUT2D eigenvalue weighted by atomic mass is 9.85. The lowest BCUT2D eigenvalue weighted by molar-refractivity contribution is -0.0443. The molecule has 4 rings (SSSR count). The first-order valence-electron chi connectivity index (χ1n) is 7.97. The smallest absolute Gasteiger partial charge is 0.339 e. The Morgan fingerprint density at radius 1 is 1.12 bits per heavy atom. The first-order chi connectivity index (χ1) is 11.6. The number of benzene rings is 2. The summed E-state index contributed by atoms with van der Waals surface area (Å²) in [5.41, 5.74) is 0.609. The summed E-state index contributed by atoms with van der Waals surface area (Å²) in [6.45, 7) is 0.775. The summed E-state index contributed by atoms with van der Waals surface area (Å²) in [5, 5.41) is 0. The normalized spacial score (nSPS) is 22.4. The molecular weight excluding hydrogens is 309 g/mol. The maximum Gasteiger partial charge on any atom is 0.339 e. The van der Waals surface area contributed by atoms with Crippen molar-refractivity contribution in [3.05, 3.63) is 71.0 Å². The van der Waals surface area contributed by atoms with Gasteiger partial charge in [0.25, 0.3) is 5.91 Å². The zero-order valence-corrected chi connectivity index (χ0v) is 13.0. The van der Waals surface area contributed by atoms with Crippen LogP contribution in [0, 0.1) is 5.82 Å². The van der Waals surface area contributed by atoms with Gasteiger partial charge in [0, 0.05) is 12.1 Å².